The molecule has 1 rings (SSSR count). The first-order valence-electron chi connectivity index (χ1n) is 6.98. The average molecular weight is 367 g/mol. The lowest BCUT2D eigenvalue weighted by Gasteiger charge is -2.29. The number of ether oxygens (including phenoxy) is 1. The van der Waals surface area contributed by atoms with Crippen molar-refractivity contribution in [3.8, 4) is 0 Å². The third kappa shape index (κ3) is 4.01. The minimum absolute atomic E-state index is 0.0158. The van der Waals surface area contributed by atoms with E-state index in [1.165, 1.54) is 18.2 Å². The molecule has 0 aliphatic carbocycles. The number of hydrogen-bond acceptors (Lipinski definition) is 2. The summed E-state index contributed by atoms with van der Waals surface area (Å²) in [7, 11) is -0.309. The van der Waals surface area contributed by atoms with Crippen LogP contribution in [0, 0.1) is 0 Å². The van der Waals surface area contributed by atoms with Crippen molar-refractivity contribution in [2.24, 2.45) is 0 Å². The summed E-state index contributed by atoms with van der Waals surface area (Å²) in [6.07, 6.45) is -5.71. The molecule has 0 bridgehead atoms. The summed E-state index contributed by atoms with van der Waals surface area (Å²) < 4.78 is 68.1. The Bertz CT molecular complexity index is 620. The lowest BCUT2D eigenvalue weighted by Crippen LogP contribution is -2.56. The maximum atomic E-state index is 14.0. The summed E-state index contributed by atoms with van der Waals surface area (Å²) >= 11 is 0. The van der Waals surface area contributed by atoms with Gasteiger partial charge in [-0.05, 0) is 17.7 Å². The van der Waals surface area contributed by atoms with Gasteiger partial charge in [0.25, 0.3) is 0 Å². The van der Waals surface area contributed by atoms with E-state index in [1.807, 2.05) is 13.1 Å². The van der Waals surface area contributed by atoms with Gasteiger partial charge in [0.05, 0.1) is 8.80 Å². The van der Waals surface area contributed by atoms with Crippen molar-refractivity contribution in [2.75, 3.05) is 18.8 Å². The van der Waals surface area contributed by atoms with Crippen LogP contribution in [0.3, 0.4) is 0 Å². The summed E-state index contributed by atoms with van der Waals surface area (Å²) in [5.41, 5.74) is 0.665. The molecule has 0 spiro atoms. The van der Waals surface area contributed by atoms with Crippen LogP contribution >= 0.6 is 0 Å². The van der Waals surface area contributed by atoms with Crippen LogP contribution in [0.25, 0.3) is 5.20 Å². The molecule has 0 aromatic heterocycles. The number of carbonyl (C=O) groups excluding carboxylic acids is 1. The number of benzene rings is 1. The largest absolute Gasteiger partial charge is 0.458 e. The Morgan fingerprint density at radius 1 is 1.29 bits per heavy atom. The Kier molecular flexibility index (Phi) is 6.29. The molecule has 0 radical (unpaired) electrons. The van der Waals surface area contributed by atoms with E-state index >= 15 is 0 Å². The Morgan fingerprint density at radius 3 is 2.33 bits per heavy atom. The van der Waals surface area contributed by atoms with Gasteiger partial charge >= 0.3 is 17.9 Å². The lowest BCUT2D eigenvalue weighted by atomic mass is 10.1. The lowest BCUT2D eigenvalue weighted by molar-refractivity contribution is -0.321. The number of amides is 1. The molecule has 9 heteroatoms. The smallest absolute Gasteiger partial charge is 0.310 e. The van der Waals surface area contributed by atoms with E-state index in [0.29, 0.717) is 10.5 Å². The SMILES string of the molecule is C=C(c1cccc(N(C)C(=O)C(F)(OCF)C(F)(F)F)c1)[SiH](C)C. The molecule has 0 aliphatic rings. The fourth-order valence-corrected chi connectivity index (χ4v) is 2.77. The molecule has 1 atom stereocenters. The van der Waals surface area contributed by atoms with E-state index < -0.39 is 33.6 Å². The predicted octanol–water partition coefficient (Wildman–Crippen LogP) is 3.86. The van der Waals surface area contributed by atoms with Crippen LogP contribution in [-0.4, -0.2) is 40.6 Å². The minimum atomic E-state index is -5.71. The number of hydrogen-bond donors (Lipinski definition) is 0. The highest BCUT2D eigenvalue weighted by molar-refractivity contribution is 6.76. The third-order valence-corrected chi connectivity index (χ3v) is 5.23. The van der Waals surface area contributed by atoms with Gasteiger partial charge in [-0.1, -0.05) is 37.0 Å². The number of alkyl halides is 5. The fourth-order valence-electron chi connectivity index (χ4n) is 1.92. The van der Waals surface area contributed by atoms with Crippen LogP contribution in [0.4, 0.5) is 27.6 Å². The first-order valence-corrected chi connectivity index (χ1v) is 9.87. The molecule has 0 saturated carbocycles. The molecule has 0 aliphatic heterocycles. The second-order valence-electron chi connectivity index (χ2n) is 5.44. The predicted molar refractivity (Wildman–Crippen MR) is 84.7 cm³/mol. The van der Waals surface area contributed by atoms with Gasteiger partial charge in [-0.3, -0.25) is 9.53 Å². The quantitative estimate of drug-likeness (QED) is 0.564. The van der Waals surface area contributed by atoms with Crippen LogP contribution in [0.5, 0.6) is 0 Å². The highest BCUT2D eigenvalue weighted by Crippen LogP contribution is 2.37. The van der Waals surface area contributed by atoms with Crippen molar-refractivity contribution in [3.63, 3.8) is 0 Å². The second-order valence-corrected chi connectivity index (χ2v) is 8.45. The zero-order valence-corrected chi connectivity index (χ0v) is 14.6. The van der Waals surface area contributed by atoms with E-state index in [4.69, 9.17) is 0 Å². The van der Waals surface area contributed by atoms with Gasteiger partial charge in [0.2, 0.25) is 0 Å². The Hall–Kier alpha value is -1.74. The standard InChI is InChI=1S/C15H18F5NO2Si/c1-10(24(3)4)11-6-5-7-12(8-11)21(2)13(22)14(17,23-9-16)15(18,19)20/h5-8,24H,1,9H2,2-4H3. The fraction of sp³-hybridized carbons (Fsp3) is 0.400. The van der Waals surface area contributed by atoms with Crippen molar-refractivity contribution in [2.45, 2.75) is 25.1 Å². The van der Waals surface area contributed by atoms with E-state index in [2.05, 4.69) is 11.3 Å². The van der Waals surface area contributed by atoms with Gasteiger partial charge in [0, 0.05) is 12.7 Å². The molecule has 134 valence electrons. The van der Waals surface area contributed by atoms with Gasteiger partial charge in [0.1, 0.15) is 0 Å². The van der Waals surface area contributed by atoms with Crippen molar-refractivity contribution in [1.82, 2.24) is 0 Å². The van der Waals surface area contributed by atoms with Gasteiger partial charge in [0.15, 0.2) is 6.86 Å². The molecule has 1 unspecified atom stereocenters. The molecule has 0 saturated heterocycles. The zero-order valence-electron chi connectivity index (χ0n) is 13.5. The van der Waals surface area contributed by atoms with Crippen LogP contribution < -0.4 is 4.90 Å². The molecule has 3 nitrogen and oxygen atoms in total. The van der Waals surface area contributed by atoms with Gasteiger partial charge in [-0.2, -0.15) is 17.6 Å². The van der Waals surface area contributed by atoms with E-state index in [0.717, 1.165) is 12.2 Å². The van der Waals surface area contributed by atoms with Gasteiger partial charge in [-0.25, -0.2) is 4.39 Å². The van der Waals surface area contributed by atoms with E-state index in [1.54, 1.807) is 6.07 Å². The molecule has 0 N–H and O–H groups in total. The van der Waals surface area contributed by atoms with Crippen molar-refractivity contribution in [3.05, 3.63) is 36.4 Å². The van der Waals surface area contributed by atoms with Crippen LogP contribution in [0.1, 0.15) is 5.56 Å². The van der Waals surface area contributed by atoms with Gasteiger partial charge < -0.3 is 4.90 Å². The first kappa shape index (κ1) is 20.3. The molecule has 24 heavy (non-hydrogen) atoms. The maximum Gasteiger partial charge on any atom is 0.458 e. The average Bonchev–Trinajstić information content (AvgIpc) is 2.51. The number of nitrogens with zero attached hydrogens (tertiary/aromatic N) is 1. The summed E-state index contributed by atoms with van der Waals surface area (Å²) in [6, 6.07) is 5.98. The van der Waals surface area contributed by atoms with E-state index in [-0.39, 0.29) is 5.69 Å². The number of rotatable bonds is 6. The summed E-state index contributed by atoms with van der Waals surface area (Å²) in [5.74, 6) is -6.81. The normalized spacial score (nSPS) is 14.4. The maximum absolute atomic E-state index is 14.0. The van der Waals surface area contributed by atoms with Gasteiger partial charge in [-0.15, -0.1) is 0 Å². The molecule has 0 fully saturated rings. The Labute approximate surface area is 138 Å². The number of likely N-dealkylation sites (N-methyl/N-ethyl adjacent to an activating group) is 1. The van der Waals surface area contributed by atoms with Crippen LogP contribution in [0.2, 0.25) is 13.1 Å². The third-order valence-electron chi connectivity index (χ3n) is 3.50. The Morgan fingerprint density at radius 2 is 1.88 bits per heavy atom. The molecule has 1 amide bonds. The monoisotopic (exact) mass is 367 g/mol. The second kappa shape index (κ2) is 7.43. The van der Waals surface area contributed by atoms with E-state index in [9.17, 15) is 26.7 Å². The first-order chi connectivity index (χ1) is 11.0. The number of anilines is 1. The molecular formula is C15H18F5NO2Si. The minimum Gasteiger partial charge on any atom is -0.310 e. The van der Waals surface area contributed by atoms with Crippen molar-refractivity contribution >= 4 is 25.6 Å². The topological polar surface area (TPSA) is 29.5 Å². The molecular weight excluding hydrogens is 349 g/mol. The summed E-state index contributed by atoms with van der Waals surface area (Å²) in [4.78, 5) is 12.4. The zero-order chi connectivity index (χ0) is 18.7. The number of carbonyl (C=O) groups is 1. The van der Waals surface area contributed by atoms with Crippen LogP contribution in [0.15, 0.2) is 30.8 Å². The molecule has 1 aromatic carbocycles. The Balaban J connectivity index is 3.21. The number of halogens is 5. The summed E-state index contributed by atoms with van der Waals surface area (Å²) in [6.45, 7) is 5.84. The summed E-state index contributed by atoms with van der Waals surface area (Å²) in [5, 5.41) is 0.833. The highest BCUT2D eigenvalue weighted by atomic mass is 28.3. The molecule has 1 aromatic rings. The molecule has 0 heterocycles. The van der Waals surface area contributed by atoms with Crippen molar-refractivity contribution in [1.29, 1.82) is 0 Å². The van der Waals surface area contributed by atoms with Crippen molar-refractivity contribution < 1.29 is 31.5 Å². The highest BCUT2D eigenvalue weighted by Gasteiger charge is 2.65. The van der Waals surface area contributed by atoms with Crippen LogP contribution in [-0.2, 0) is 9.53 Å².